The molecule has 0 aliphatic carbocycles. The summed E-state index contributed by atoms with van der Waals surface area (Å²) in [5, 5.41) is 12.1. The minimum atomic E-state index is -0.457. The molecule has 0 radical (unpaired) electrons. The van der Waals surface area contributed by atoms with Crippen molar-refractivity contribution in [1.82, 2.24) is 0 Å². The Balaban J connectivity index is 2.27. The first-order valence-corrected chi connectivity index (χ1v) is 9.03. The molecule has 0 spiro atoms. The maximum Gasteiger partial charge on any atom is 0.266 e. The Morgan fingerprint density at radius 3 is 2.46 bits per heavy atom. The third kappa shape index (κ3) is 4.76. The van der Waals surface area contributed by atoms with Crippen molar-refractivity contribution in [2.75, 3.05) is 19.5 Å². The number of amides is 1. The largest absolute Gasteiger partial charge is 0.493 e. The van der Waals surface area contributed by atoms with E-state index in [4.69, 9.17) is 9.47 Å². The Hall–Kier alpha value is -2.53. The average Bonchev–Trinajstić information content (AvgIpc) is 2.66. The molecule has 1 amide bonds. The lowest BCUT2D eigenvalue weighted by Crippen LogP contribution is -2.13. The van der Waals surface area contributed by atoms with Crippen molar-refractivity contribution in [3.8, 4) is 17.6 Å². The second-order valence-corrected chi connectivity index (χ2v) is 6.57. The average molecular weight is 462 g/mol. The molecule has 0 aromatic heterocycles. The molecule has 0 heterocycles. The van der Waals surface area contributed by atoms with E-state index in [2.05, 4.69) is 34.8 Å². The highest BCUT2D eigenvalue weighted by molar-refractivity contribution is 14.1. The van der Waals surface area contributed by atoms with Crippen LogP contribution in [0.5, 0.6) is 11.5 Å². The Kier molecular flexibility index (Phi) is 7.04. The lowest BCUT2D eigenvalue weighted by molar-refractivity contribution is -0.112. The van der Waals surface area contributed by atoms with Crippen molar-refractivity contribution in [3.05, 3.63) is 56.7 Å². The molecular weight excluding hydrogens is 443 g/mol. The van der Waals surface area contributed by atoms with Crippen LogP contribution < -0.4 is 14.8 Å². The Bertz CT molecular complexity index is 868. The summed E-state index contributed by atoms with van der Waals surface area (Å²) < 4.78 is 11.4. The smallest absolute Gasteiger partial charge is 0.266 e. The van der Waals surface area contributed by atoms with Gasteiger partial charge in [-0.1, -0.05) is 19.1 Å². The molecule has 0 atom stereocenters. The second kappa shape index (κ2) is 9.25. The number of nitriles is 1. The second-order valence-electron chi connectivity index (χ2n) is 5.41. The highest BCUT2D eigenvalue weighted by Crippen LogP contribution is 2.34. The number of nitrogens with one attached hydrogen (secondary N) is 1. The van der Waals surface area contributed by atoms with E-state index in [1.165, 1.54) is 11.6 Å². The number of hydrogen-bond acceptors (Lipinski definition) is 4. The molecule has 2 rings (SSSR count). The zero-order chi connectivity index (χ0) is 19.1. The molecule has 26 heavy (non-hydrogen) atoms. The van der Waals surface area contributed by atoms with Crippen LogP contribution in [0.2, 0.25) is 0 Å². The van der Waals surface area contributed by atoms with Crippen LogP contribution in [-0.4, -0.2) is 20.1 Å². The van der Waals surface area contributed by atoms with Gasteiger partial charge in [0.2, 0.25) is 0 Å². The van der Waals surface area contributed by atoms with Gasteiger partial charge in [0.15, 0.2) is 11.5 Å². The molecule has 0 saturated carbocycles. The number of rotatable bonds is 6. The van der Waals surface area contributed by atoms with E-state index in [9.17, 15) is 10.1 Å². The summed E-state index contributed by atoms with van der Waals surface area (Å²) in [7, 11) is 3.10. The van der Waals surface area contributed by atoms with Gasteiger partial charge in [0.05, 0.1) is 17.8 Å². The third-order valence-corrected chi connectivity index (χ3v) is 4.55. The van der Waals surface area contributed by atoms with Gasteiger partial charge in [-0.3, -0.25) is 4.79 Å². The zero-order valence-electron chi connectivity index (χ0n) is 14.8. The van der Waals surface area contributed by atoms with Gasteiger partial charge < -0.3 is 14.8 Å². The number of hydrogen-bond donors (Lipinski definition) is 1. The topological polar surface area (TPSA) is 71.4 Å². The summed E-state index contributed by atoms with van der Waals surface area (Å²) in [6, 6.07) is 13.0. The van der Waals surface area contributed by atoms with E-state index in [1.54, 1.807) is 20.3 Å². The lowest BCUT2D eigenvalue weighted by atomic mass is 10.1. The van der Waals surface area contributed by atoms with Crippen LogP contribution in [0.15, 0.2) is 42.0 Å². The highest BCUT2D eigenvalue weighted by Gasteiger charge is 2.13. The number of carbonyl (C=O) groups excluding carboxylic acids is 1. The van der Waals surface area contributed by atoms with Gasteiger partial charge in [-0.15, -0.1) is 0 Å². The summed E-state index contributed by atoms with van der Waals surface area (Å²) in [5.41, 5.74) is 2.52. The van der Waals surface area contributed by atoms with E-state index in [0.717, 1.165) is 9.99 Å². The zero-order valence-corrected chi connectivity index (χ0v) is 17.0. The molecule has 0 aliphatic heterocycles. The van der Waals surface area contributed by atoms with Crippen LogP contribution in [0.4, 0.5) is 5.69 Å². The maximum atomic E-state index is 12.4. The number of benzene rings is 2. The van der Waals surface area contributed by atoms with E-state index in [1.807, 2.05) is 36.4 Å². The van der Waals surface area contributed by atoms with Gasteiger partial charge in [-0.05, 0) is 70.5 Å². The molecule has 0 fully saturated rings. The van der Waals surface area contributed by atoms with Gasteiger partial charge in [0, 0.05) is 5.69 Å². The summed E-state index contributed by atoms with van der Waals surface area (Å²) in [4.78, 5) is 12.4. The van der Waals surface area contributed by atoms with Crippen molar-refractivity contribution in [1.29, 1.82) is 5.26 Å². The number of carbonyl (C=O) groups is 1. The predicted octanol–water partition coefficient (Wildman–Crippen LogP) is 4.42. The fourth-order valence-corrected chi connectivity index (χ4v) is 3.20. The third-order valence-electron chi connectivity index (χ3n) is 3.75. The van der Waals surface area contributed by atoms with Crippen molar-refractivity contribution >= 4 is 40.3 Å². The van der Waals surface area contributed by atoms with Gasteiger partial charge >= 0.3 is 0 Å². The van der Waals surface area contributed by atoms with Crippen molar-refractivity contribution in [2.45, 2.75) is 13.3 Å². The van der Waals surface area contributed by atoms with Crippen LogP contribution in [0, 0.1) is 14.9 Å². The molecule has 2 aromatic rings. The summed E-state index contributed by atoms with van der Waals surface area (Å²) in [6.45, 7) is 2.06. The predicted molar refractivity (Wildman–Crippen MR) is 110 cm³/mol. The summed E-state index contributed by atoms with van der Waals surface area (Å²) in [5.74, 6) is 0.698. The summed E-state index contributed by atoms with van der Waals surface area (Å²) in [6.07, 6.45) is 2.45. The van der Waals surface area contributed by atoms with Gasteiger partial charge in [0.25, 0.3) is 5.91 Å². The molecule has 134 valence electrons. The molecule has 0 saturated heterocycles. The first kappa shape index (κ1) is 19.8. The number of anilines is 1. The molecule has 0 unspecified atom stereocenters. The fourth-order valence-electron chi connectivity index (χ4n) is 2.36. The first-order chi connectivity index (χ1) is 12.5. The molecule has 0 aliphatic rings. The van der Waals surface area contributed by atoms with Crippen LogP contribution >= 0.6 is 22.6 Å². The normalized spacial score (nSPS) is 10.8. The van der Waals surface area contributed by atoms with Crippen molar-refractivity contribution < 1.29 is 14.3 Å². The summed E-state index contributed by atoms with van der Waals surface area (Å²) >= 11 is 2.12. The quantitative estimate of drug-likeness (QED) is 0.392. The number of nitrogens with zero attached hydrogens (tertiary/aromatic N) is 1. The van der Waals surface area contributed by atoms with E-state index in [-0.39, 0.29) is 5.57 Å². The van der Waals surface area contributed by atoms with E-state index in [0.29, 0.717) is 22.7 Å². The Morgan fingerprint density at radius 1 is 1.23 bits per heavy atom. The van der Waals surface area contributed by atoms with Gasteiger partial charge in [-0.25, -0.2) is 0 Å². The van der Waals surface area contributed by atoms with Gasteiger partial charge in [0.1, 0.15) is 11.6 Å². The lowest BCUT2D eigenvalue weighted by Gasteiger charge is -2.11. The first-order valence-electron chi connectivity index (χ1n) is 7.96. The van der Waals surface area contributed by atoms with Crippen LogP contribution in [0.1, 0.15) is 18.1 Å². The highest BCUT2D eigenvalue weighted by atomic mass is 127. The van der Waals surface area contributed by atoms with E-state index >= 15 is 0 Å². The van der Waals surface area contributed by atoms with Crippen LogP contribution in [0.3, 0.4) is 0 Å². The van der Waals surface area contributed by atoms with E-state index < -0.39 is 5.91 Å². The standard InChI is InChI=1S/C20H19IN2O3/c1-4-13-5-7-16(8-6-13)23-20(24)15(12-22)9-14-10-17(21)19(26-3)18(11-14)25-2/h5-11H,4H2,1-3H3,(H,23,24)/b15-9-. The van der Waals surface area contributed by atoms with Crippen LogP contribution in [-0.2, 0) is 11.2 Å². The SMILES string of the molecule is CCc1ccc(NC(=O)/C(C#N)=C\c2cc(I)c(OC)c(OC)c2)cc1. The molecule has 6 heteroatoms. The number of ether oxygens (including phenoxy) is 2. The molecule has 1 N–H and O–H groups in total. The molecular formula is C20H19IN2O3. The van der Waals surface area contributed by atoms with Gasteiger partial charge in [-0.2, -0.15) is 5.26 Å². The molecule has 2 aromatic carbocycles. The molecule has 5 nitrogen and oxygen atoms in total. The number of aryl methyl sites for hydroxylation is 1. The maximum absolute atomic E-state index is 12.4. The monoisotopic (exact) mass is 462 g/mol. The van der Waals surface area contributed by atoms with Crippen LogP contribution in [0.25, 0.3) is 6.08 Å². The molecule has 0 bridgehead atoms. The minimum Gasteiger partial charge on any atom is -0.493 e. The number of methoxy groups -OCH3 is 2. The number of halogens is 1. The Morgan fingerprint density at radius 2 is 1.92 bits per heavy atom. The van der Waals surface area contributed by atoms with Crippen molar-refractivity contribution in [3.63, 3.8) is 0 Å². The minimum absolute atomic E-state index is 0.00703. The fraction of sp³-hybridized carbons (Fsp3) is 0.200. The van der Waals surface area contributed by atoms with Crippen molar-refractivity contribution in [2.24, 2.45) is 0 Å². The Labute approximate surface area is 166 Å².